The van der Waals surface area contributed by atoms with Gasteiger partial charge in [0.15, 0.2) is 0 Å². The molecule has 0 radical (unpaired) electrons. The summed E-state index contributed by atoms with van der Waals surface area (Å²) >= 11 is 6.45. The predicted molar refractivity (Wildman–Crippen MR) is 40.1 cm³/mol. The van der Waals surface area contributed by atoms with E-state index in [1.807, 2.05) is 18.4 Å². The zero-order valence-corrected chi connectivity index (χ0v) is 7.11. The second-order valence-corrected chi connectivity index (χ2v) is 2.90. The maximum atomic E-state index is 3.26. The number of hydrazine groups is 1. The molecule has 1 N–H and O–H groups in total. The number of nitrogens with zero attached hydrogens (tertiary/aromatic N) is 1. The Balaban J connectivity index is 2.59. The minimum absolute atomic E-state index is 0.942. The standard InChI is InChI=1S/C4H4Br2N2/c5-4-2-1-3-8(6)7-4/h1-3,7H. The number of hydrogen-bond donors (Lipinski definition) is 1. The van der Waals surface area contributed by atoms with Crippen LogP contribution >= 0.6 is 32.1 Å². The molecule has 0 atom stereocenters. The van der Waals surface area contributed by atoms with Gasteiger partial charge in [-0.1, -0.05) is 0 Å². The first-order valence-corrected chi connectivity index (χ1v) is 3.55. The summed E-state index contributed by atoms with van der Waals surface area (Å²) in [5, 5.41) is 0. The van der Waals surface area contributed by atoms with Crippen LogP contribution in [0, 0.1) is 0 Å². The van der Waals surface area contributed by atoms with Crippen molar-refractivity contribution in [2.24, 2.45) is 0 Å². The summed E-state index contributed by atoms with van der Waals surface area (Å²) in [6.07, 6.45) is 5.68. The van der Waals surface area contributed by atoms with Crippen LogP contribution in [0.3, 0.4) is 0 Å². The van der Waals surface area contributed by atoms with Crippen LogP contribution in [-0.4, -0.2) is 4.03 Å². The average Bonchev–Trinajstić information content (AvgIpc) is 1.64. The Morgan fingerprint density at radius 2 is 2.38 bits per heavy atom. The van der Waals surface area contributed by atoms with Gasteiger partial charge in [0.1, 0.15) is 0 Å². The Morgan fingerprint density at radius 1 is 1.62 bits per heavy atom. The second-order valence-electron chi connectivity index (χ2n) is 1.28. The third kappa shape index (κ3) is 1.52. The van der Waals surface area contributed by atoms with E-state index in [0.717, 1.165) is 4.61 Å². The third-order valence-corrected chi connectivity index (χ3v) is 1.53. The van der Waals surface area contributed by atoms with Gasteiger partial charge in [-0.2, -0.15) is 0 Å². The van der Waals surface area contributed by atoms with Gasteiger partial charge < -0.3 is 0 Å². The fourth-order valence-electron chi connectivity index (χ4n) is 0.380. The van der Waals surface area contributed by atoms with E-state index in [0.29, 0.717) is 0 Å². The fraction of sp³-hybridized carbons (Fsp3) is 0. The summed E-state index contributed by atoms with van der Waals surface area (Å²) in [6, 6.07) is 0. The van der Waals surface area contributed by atoms with Crippen molar-refractivity contribution in [3.8, 4) is 0 Å². The highest BCUT2D eigenvalue weighted by atomic mass is 79.9. The van der Waals surface area contributed by atoms with Crippen LogP contribution in [0.1, 0.15) is 0 Å². The van der Waals surface area contributed by atoms with Crippen molar-refractivity contribution in [2.45, 2.75) is 0 Å². The van der Waals surface area contributed by atoms with Crippen LogP contribution in [0.2, 0.25) is 0 Å². The van der Waals surface area contributed by atoms with Gasteiger partial charge in [-0.3, -0.25) is 5.43 Å². The zero-order valence-electron chi connectivity index (χ0n) is 3.94. The van der Waals surface area contributed by atoms with Gasteiger partial charge in [-0.25, -0.2) is 4.03 Å². The summed E-state index contributed by atoms with van der Waals surface area (Å²) in [5.41, 5.74) is 2.92. The van der Waals surface area contributed by atoms with E-state index in [-0.39, 0.29) is 0 Å². The number of hydrogen-bond acceptors (Lipinski definition) is 2. The van der Waals surface area contributed by atoms with Crippen molar-refractivity contribution in [3.63, 3.8) is 0 Å². The number of halogens is 2. The molecule has 2 nitrogen and oxygen atoms in total. The van der Waals surface area contributed by atoms with Crippen molar-refractivity contribution < 1.29 is 0 Å². The van der Waals surface area contributed by atoms with Gasteiger partial charge in [0.05, 0.1) is 20.8 Å². The largest absolute Gasteiger partial charge is 0.282 e. The van der Waals surface area contributed by atoms with Gasteiger partial charge in [0, 0.05) is 6.20 Å². The van der Waals surface area contributed by atoms with Crippen LogP contribution < -0.4 is 5.43 Å². The van der Waals surface area contributed by atoms with Gasteiger partial charge in [-0.15, -0.1) is 0 Å². The summed E-state index contributed by atoms with van der Waals surface area (Å²) in [5.74, 6) is 0. The molecule has 1 rings (SSSR count). The van der Waals surface area contributed by atoms with Crippen molar-refractivity contribution in [2.75, 3.05) is 0 Å². The fourth-order valence-corrected chi connectivity index (χ4v) is 1.29. The van der Waals surface area contributed by atoms with Crippen molar-refractivity contribution in [1.82, 2.24) is 9.46 Å². The highest BCUT2D eigenvalue weighted by Gasteiger charge is 1.96. The van der Waals surface area contributed by atoms with E-state index in [9.17, 15) is 0 Å². The van der Waals surface area contributed by atoms with Crippen LogP contribution in [0.4, 0.5) is 0 Å². The van der Waals surface area contributed by atoms with E-state index in [1.54, 1.807) is 4.03 Å². The average molecular weight is 240 g/mol. The monoisotopic (exact) mass is 238 g/mol. The van der Waals surface area contributed by atoms with Gasteiger partial charge in [-0.05, 0) is 28.1 Å². The summed E-state index contributed by atoms with van der Waals surface area (Å²) in [4.78, 5) is 0. The first-order chi connectivity index (χ1) is 3.79. The number of rotatable bonds is 0. The zero-order chi connectivity index (χ0) is 5.98. The van der Waals surface area contributed by atoms with Crippen LogP contribution in [-0.2, 0) is 0 Å². The molecular formula is C4H4Br2N2. The lowest BCUT2D eigenvalue weighted by Crippen LogP contribution is -2.22. The van der Waals surface area contributed by atoms with E-state index in [2.05, 4.69) is 37.5 Å². The van der Waals surface area contributed by atoms with Crippen molar-refractivity contribution in [1.29, 1.82) is 0 Å². The van der Waals surface area contributed by atoms with Crippen molar-refractivity contribution in [3.05, 3.63) is 23.0 Å². The Morgan fingerprint density at radius 3 is 2.75 bits per heavy atom. The molecule has 0 aromatic carbocycles. The normalized spacial score (nSPS) is 17.8. The molecule has 0 aromatic rings. The minimum atomic E-state index is 0.942. The highest BCUT2D eigenvalue weighted by Crippen LogP contribution is 2.09. The van der Waals surface area contributed by atoms with Crippen molar-refractivity contribution >= 4 is 32.1 Å². The summed E-state index contributed by atoms with van der Waals surface area (Å²) in [7, 11) is 0. The molecule has 44 valence electrons. The molecule has 0 aliphatic carbocycles. The molecule has 1 aliphatic rings. The molecule has 4 heteroatoms. The molecule has 1 aliphatic heterocycles. The Hall–Kier alpha value is 0.0400. The number of allylic oxidation sites excluding steroid dienone is 2. The lowest BCUT2D eigenvalue weighted by molar-refractivity contribution is 0.547. The molecular weight excluding hydrogens is 236 g/mol. The lowest BCUT2D eigenvalue weighted by atomic mass is 10.5. The Kier molecular flexibility index (Phi) is 1.96. The molecule has 0 aromatic heterocycles. The molecule has 0 fully saturated rings. The number of nitrogens with one attached hydrogen (secondary N) is 1. The molecule has 8 heavy (non-hydrogen) atoms. The van der Waals surface area contributed by atoms with Crippen LogP contribution in [0.5, 0.6) is 0 Å². The van der Waals surface area contributed by atoms with Crippen LogP contribution in [0.25, 0.3) is 0 Å². The quantitative estimate of drug-likeness (QED) is 0.513. The van der Waals surface area contributed by atoms with Gasteiger partial charge in [0.2, 0.25) is 0 Å². The molecule has 0 saturated carbocycles. The topological polar surface area (TPSA) is 15.3 Å². The third-order valence-electron chi connectivity index (χ3n) is 0.673. The SMILES string of the molecule is BrC1=CC=CN(Br)N1. The minimum Gasteiger partial charge on any atom is -0.282 e. The molecule has 0 bridgehead atoms. The van der Waals surface area contributed by atoms with Crippen LogP contribution in [0.15, 0.2) is 23.0 Å². The maximum Gasteiger partial charge on any atom is 0.0978 e. The van der Waals surface area contributed by atoms with E-state index >= 15 is 0 Å². The maximum absolute atomic E-state index is 3.26. The first-order valence-electron chi connectivity index (χ1n) is 2.05. The highest BCUT2D eigenvalue weighted by molar-refractivity contribution is 9.11. The summed E-state index contributed by atoms with van der Waals surface area (Å²) < 4.78 is 2.62. The van der Waals surface area contributed by atoms with E-state index in [4.69, 9.17) is 0 Å². The molecule has 0 amide bonds. The first kappa shape index (κ1) is 6.16. The van der Waals surface area contributed by atoms with Gasteiger partial charge >= 0.3 is 0 Å². The molecule has 0 unspecified atom stereocenters. The van der Waals surface area contributed by atoms with E-state index < -0.39 is 0 Å². The lowest BCUT2D eigenvalue weighted by Gasteiger charge is -2.15. The van der Waals surface area contributed by atoms with Gasteiger partial charge in [0.25, 0.3) is 0 Å². The van der Waals surface area contributed by atoms with E-state index in [1.165, 1.54) is 0 Å². The molecule has 0 saturated heterocycles. The second kappa shape index (κ2) is 2.55. The predicted octanol–water partition coefficient (Wildman–Crippen LogP) is 1.87. The molecule has 1 heterocycles. The smallest absolute Gasteiger partial charge is 0.0978 e. The Labute approximate surface area is 64.7 Å². The summed E-state index contributed by atoms with van der Waals surface area (Å²) in [6.45, 7) is 0. The Bertz CT molecular complexity index is 141. The molecule has 0 spiro atoms.